The van der Waals surface area contributed by atoms with Gasteiger partial charge in [-0.2, -0.15) is 5.10 Å². The van der Waals surface area contributed by atoms with Gasteiger partial charge in [0.05, 0.1) is 11.9 Å². The van der Waals surface area contributed by atoms with Crippen LogP contribution in [0.5, 0.6) is 0 Å². The van der Waals surface area contributed by atoms with Gasteiger partial charge in [-0.3, -0.25) is 4.79 Å². The van der Waals surface area contributed by atoms with Gasteiger partial charge in [-0.25, -0.2) is 9.67 Å². The summed E-state index contributed by atoms with van der Waals surface area (Å²) in [4.78, 5) is 19.8. The Kier molecular flexibility index (Phi) is 4.11. The molecule has 6 heteroatoms. The SMILES string of the molecule is Cc1ccc(-n2ncc3c(=O)[nH]c(SCc4ccccc4)nc32)cc1. The van der Waals surface area contributed by atoms with Crippen molar-refractivity contribution in [1.82, 2.24) is 19.7 Å². The van der Waals surface area contributed by atoms with E-state index in [9.17, 15) is 4.79 Å². The Morgan fingerprint density at radius 1 is 1.08 bits per heavy atom. The number of nitrogens with one attached hydrogen (secondary N) is 1. The molecule has 4 rings (SSSR count). The summed E-state index contributed by atoms with van der Waals surface area (Å²) < 4.78 is 1.70. The number of rotatable bonds is 4. The molecular weight excluding hydrogens is 332 g/mol. The van der Waals surface area contributed by atoms with Gasteiger partial charge in [0.25, 0.3) is 5.56 Å². The molecule has 4 aromatic rings. The Morgan fingerprint density at radius 3 is 2.60 bits per heavy atom. The lowest BCUT2D eigenvalue weighted by atomic mass is 10.2. The average Bonchev–Trinajstić information content (AvgIpc) is 3.06. The van der Waals surface area contributed by atoms with Crippen molar-refractivity contribution in [1.29, 1.82) is 0 Å². The zero-order valence-electron chi connectivity index (χ0n) is 13.6. The topological polar surface area (TPSA) is 63.6 Å². The molecule has 0 bridgehead atoms. The number of hydrogen-bond donors (Lipinski definition) is 1. The van der Waals surface area contributed by atoms with Crippen LogP contribution in [0.3, 0.4) is 0 Å². The van der Waals surface area contributed by atoms with Crippen molar-refractivity contribution in [3.63, 3.8) is 0 Å². The zero-order chi connectivity index (χ0) is 17.2. The molecule has 1 N–H and O–H groups in total. The number of aromatic nitrogens is 4. The Morgan fingerprint density at radius 2 is 1.84 bits per heavy atom. The van der Waals surface area contributed by atoms with Gasteiger partial charge in [-0.05, 0) is 24.6 Å². The van der Waals surface area contributed by atoms with Gasteiger partial charge >= 0.3 is 0 Å². The third kappa shape index (κ3) is 3.21. The van der Waals surface area contributed by atoms with E-state index >= 15 is 0 Å². The van der Waals surface area contributed by atoms with Crippen LogP contribution in [0.1, 0.15) is 11.1 Å². The largest absolute Gasteiger partial charge is 0.301 e. The van der Waals surface area contributed by atoms with Crippen molar-refractivity contribution in [3.05, 3.63) is 82.3 Å². The van der Waals surface area contributed by atoms with E-state index in [0.29, 0.717) is 16.2 Å². The van der Waals surface area contributed by atoms with E-state index < -0.39 is 0 Å². The molecule has 0 unspecified atom stereocenters. The highest BCUT2D eigenvalue weighted by atomic mass is 32.2. The van der Waals surface area contributed by atoms with E-state index in [0.717, 1.165) is 11.4 Å². The van der Waals surface area contributed by atoms with Crippen LogP contribution in [0.25, 0.3) is 16.7 Å². The molecule has 0 fully saturated rings. The molecule has 0 aliphatic rings. The van der Waals surface area contributed by atoms with Crippen molar-refractivity contribution in [2.24, 2.45) is 0 Å². The van der Waals surface area contributed by atoms with Crippen LogP contribution >= 0.6 is 11.8 Å². The van der Waals surface area contributed by atoms with E-state index in [1.54, 1.807) is 10.9 Å². The lowest BCUT2D eigenvalue weighted by Gasteiger charge is -2.05. The van der Waals surface area contributed by atoms with Crippen LogP contribution in [0.2, 0.25) is 0 Å². The zero-order valence-corrected chi connectivity index (χ0v) is 14.5. The Labute approximate surface area is 148 Å². The minimum atomic E-state index is -0.168. The first-order chi connectivity index (χ1) is 12.2. The molecule has 2 heterocycles. The van der Waals surface area contributed by atoms with E-state index in [4.69, 9.17) is 0 Å². The van der Waals surface area contributed by atoms with Crippen molar-refractivity contribution < 1.29 is 0 Å². The highest BCUT2D eigenvalue weighted by molar-refractivity contribution is 7.98. The molecular formula is C19H16N4OS. The molecule has 124 valence electrons. The highest BCUT2D eigenvalue weighted by Gasteiger charge is 2.12. The molecule has 2 aromatic heterocycles. The molecule has 0 atom stereocenters. The second kappa shape index (κ2) is 6.57. The molecule has 0 radical (unpaired) electrons. The molecule has 0 aliphatic carbocycles. The Bertz CT molecular complexity index is 1070. The summed E-state index contributed by atoms with van der Waals surface area (Å²) in [6.45, 7) is 2.03. The van der Waals surface area contributed by atoms with Gasteiger partial charge in [0.1, 0.15) is 5.39 Å². The predicted octanol–water partition coefficient (Wildman–Crippen LogP) is 3.71. The fraction of sp³-hybridized carbons (Fsp3) is 0.105. The molecule has 0 saturated carbocycles. The Balaban J connectivity index is 1.71. The number of fused-ring (bicyclic) bond motifs is 1. The quantitative estimate of drug-likeness (QED) is 0.451. The molecule has 0 amide bonds. The van der Waals surface area contributed by atoms with Crippen molar-refractivity contribution in [3.8, 4) is 5.69 Å². The lowest BCUT2D eigenvalue weighted by Crippen LogP contribution is -2.09. The van der Waals surface area contributed by atoms with Gasteiger partial charge in [0, 0.05) is 5.75 Å². The Hall–Kier alpha value is -2.86. The number of aryl methyl sites for hydroxylation is 1. The predicted molar refractivity (Wildman–Crippen MR) is 100 cm³/mol. The van der Waals surface area contributed by atoms with E-state index in [1.165, 1.54) is 22.9 Å². The van der Waals surface area contributed by atoms with E-state index in [-0.39, 0.29) is 5.56 Å². The fourth-order valence-electron chi connectivity index (χ4n) is 2.57. The summed E-state index contributed by atoms with van der Waals surface area (Å²) in [6.07, 6.45) is 1.56. The molecule has 2 aromatic carbocycles. The number of hydrogen-bond acceptors (Lipinski definition) is 4. The summed E-state index contributed by atoms with van der Waals surface area (Å²) >= 11 is 1.50. The first kappa shape index (κ1) is 15.7. The van der Waals surface area contributed by atoms with Crippen LogP contribution in [0.15, 0.2) is 70.7 Å². The maximum absolute atomic E-state index is 12.3. The van der Waals surface area contributed by atoms with Gasteiger partial charge in [-0.1, -0.05) is 59.8 Å². The summed E-state index contributed by atoms with van der Waals surface area (Å²) in [5, 5.41) is 5.42. The summed E-state index contributed by atoms with van der Waals surface area (Å²) in [6, 6.07) is 18.1. The van der Waals surface area contributed by atoms with Gasteiger partial charge < -0.3 is 4.98 Å². The maximum Gasteiger partial charge on any atom is 0.262 e. The number of nitrogens with zero attached hydrogens (tertiary/aromatic N) is 3. The molecule has 0 aliphatic heterocycles. The third-order valence-electron chi connectivity index (χ3n) is 3.91. The highest BCUT2D eigenvalue weighted by Crippen LogP contribution is 2.21. The average molecular weight is 348 g/mol. The van der Waals surface area contributed by atoms with Crippen LogP contribution in [0, 0.1) is 6.92 Å². The minimum Gasteiger partial charge on any atom is -0.301 e. The maximum atomic E-state index is 12.3. The first-order valence-electron chi connectivity index (χ1n) is 7.92. The fourth-order valence-corrected chi connectivity index (χ4v) is 3.38. The van der Waals surface area contributed by atoms with Gasteiger partial charge in [0.2, 0.25) is 0 Å². The second-order valence-electron chi connectivity index (χ2n) is 5.77. The smallest absolute Gasteiger partial charge is 0.262 e. The summed E-state index contributed by atoms with van der Waals surface area (Å²) in [5.74, 6) is 0.744. The van der Waals surface area contributed by atoms with Crippen LogP contribution < -0.4 is 5.56 Å². The molecule has 25 heavy (non-hydrogen) atoms. The van der Waals surface area contributed by atoms with Crippen LogP contribution in [0.4, 0.5) is 0 Å². The van der Waals surface area contributed by atoms with Crippen molar-refractivity contribution >= 4 is 22.8 Å². The van der Waals surface area contributed by atoms with E-state index in [1.807, 2.05) is 49.4 Å². The number of aromatic amines is 1. The monoisotopic (exact) mass is 348 g/mol. The van der Waals surface area contributed by atoms with Crippen LogP contribution in [-0.2, 0) is 5.75 Å². The molecule has 0 spiro atoms. The number of H-pyrrole nitrogens is 1. The van der Waals surface area contributed by atoms with Crippen molar-refractivity contribution in [2.75, 3.05) is 0 Å². The first-order valence-corrected chi connectivity index (χ1v) is 8.91. The minimum absolute atomic E-state index is 0.168. The number of benzene rings is 2. The van der Waals surface area contributed by atoms with Gasteiger partial charge in [-0.15, -0.1) is 0 Å². The summed E-state index contributed by atoms with van der Waals surface area (Å²) in [5.41, 5.74) is 3.65. The molecule has 5 nitrogen and oxygen atoms in total. The third-order valence-corrected chi connectivity index (χ3v) is 4.86. The lowest BCUT2D eigenvalue weighted by molar-refractivity contribution is 0.872. The normalized spacial score (nSPS) is 11.1. The van der Waals surface area contributed by atoms with E-state index in [2.05, 4.69) is 27.2 Å². The van der Waals surface area contributed by atoms with Gasteiger partial charge in [0.15, 0.2) is 10.8 Å². The number of thioether (sulfide) groups is 1. The standard InChI is InChI=1S/C19H16N4OS/c1-13-7-9-15(10-8-13)23-17-16(11-20-23)18(24)22-19(21-17)25-12-14-5-3-2-4-6-14/h2-11H,12H2,1H3,(H,21,22,24). The molecule has 0 saturated heterocycles. The van der Waals surface area contributed by atoms with Crippen LogP contribution in [-0.4, -0.2) is 19.7 Å². The summed E-state index contributed by atoms with van der Waals surface area (Å²) in [7, 11) is 0. The second-order valence-corrected chi connectivity index (χ2v) is 6.74. The van der Waals surface area contributed by atoms with Crippen molar-refractivity contribution in [2.45, 2.75) is 17.8 Å².